The summed E-state index contributed by atoms with van der Waals surface area (Å²) >= 11 is 8.40. The Hall–Kier alpha value is -1.83. The Balaban J connectivity index is 2.15. The van der Waals surface area contributed by atoms with Gasteiger partial charge in [0.05, 0.1) is 10.0 Å². The molecule has 0 bridgehead atoms. The van der Waals surface area contributed by atoms with Crippen LogP contribution >= 0.6 is 28.1 Å². The van der Waals surface area contributed by atoms with Gasteiger partial charge in [0.25, 0.3) is 5.91 Å². The lowest BCUT2D eigenvalue weighted by atomic mass is 9.89. The van der Waals surface area contributed by atoms with Crippen molar-refractivity contribution in [3.05, 3.63) is 69.9 Å². The number of aliphatic hydroxyl groups is 1. The van der Waals surface area contributed by atoms with E-state index in [1.807, 2.05) is 13.0 Å². The van der Waals surface area contributed by atoms with E-state index >= 15 is 0 Å². The summed E-state index contributed by atoms with van der Waals surface area (Å²) in [6, 6.07) is 13.3. The first kappa shape index (κ1) is 19.5. The number of carbonyl (C=O) groups is 1. The van der Waals surface area contributed by atoms with Gasteiger partial charge in [0.15, 0.2) is 5.11 Å². The largest absolute Gasteiger partial charge is 0.396 e. The molecule has 0 saturated carbocycles. The number of benzene rings is 2. The van der Waals surface area contributed by atoms with Gasteiger partial charge in [-0.05, 0) is 71.3 Å². The lowest BCUT2D eigenvalue weighted by Gasteiger charge is -2.32. The number of nitrogens with one attached hydrogen (secondary N) is 2. The number of rotatable bonds is 5. The number of halogens is 2. The molecule has 132 valence electrons. The highest BCUT2D eigenvalue weighted by molar-refractivity contribution is 9.10. The first-order valence-electron chi connectivity index (χ1n) is 7.60. The van der Waals surface area contributed by atoms with Crippen molar-refractivity contribution in [3.63, 3.8) is 0 Å². The van der Waals surface area contributed by atoms with Crippen LogP contribution in [0.25, 0.3) is 0 Å². The molecule has 1 amide bonds. The number of hydrogen-bond acceptors (Lipinski definition) is 3. The van der Waals surface area contributed by atoms with Crippen LogP contribution in [0.4, 0.5) is 4.39 Å². The minimum Gasteiger partial charge on any atom is -0.396 e. The molecule has 25 heavy (non-hydrogen) atoms. The van der Waals surface area contributed by atoms with Crippen LogP contribution < -0.4 is 10.6 Å². The summed E-state index contributed by atoms with van der Waals surface area (Å²) in [6.45, 7) is 1.72. The summed E-state index contributed by atoms with van der Waals surface area (Å²) in [6.07, 6.45) is 0.326. The van der Waals surface area contributed by atoms with Gasteiger partial charge in [0.2, 0.25) is 0 Å². The van der Waals surface area contributed by atoms with E-state index in [0.717, 1.165) is 5.56 Å². The molecule has 7 heteroatoms. The van der Waals surface area contributed by atoms with Crippen molar-refractivity contribution >= 4 is 39.2 Å². The monoisotopic (exact) mass is 424 g/mol. The molecule has 0 aromatic heterocycles. The Morgan fingerprint density at radius 1 is 1.28 bits per heavy atom. The molecule has 2 aromatic carbocycles. The van der Waals surface area contributed by atoms with E-state index in [-0.39, 0.29) is 23.4 Å². The van der Waals surface area contributed by atoms with Gasteiger partial charge in [0.1, 0.15) is 5.82 Å². The second kappa shape index (κ2) is 8.51. The molecule has 1 unspecified atom stereocenters. The molecular formula is C18H18BrFN2O2S. The van der Waals surface area contributed by atoms with Crippen molar-refractivity contribution in [3.8, 4) is 0 Å². The van der Waals surface area contributed by atoms with Gasteiger partial charge in [-0.1, -0.05) is 24.3 Å². The third kappa shape index (κ3) is 5.07. The summed E-state index contributed by atoms with van der Waals surface area (Å²) in [4.78, 5) is 12.2. The number of carbonyl (C=O) groups excluding carboxylic acids is 1. The summed E-state index contributed by atoms with van der Waals surface area (Å²) in [5, 5.41) is 15.2. The van der Waals surface area contributed by atoms with Crippen LogP contribution in [-0.2, 0) is 5.54 Å². The molecule has 0 aliphatic carbocycles. The van der Waals surface area contributed by atoms with Crippen molar-refractivity contribution in [2.24, 2.45) is 0 Å². The lowest BCUT2D eigenvalue weighted by molar-refractivity contribution is 0.0976. The van der Waals surface area contributed by atoms with E-state index in [1.54, 1.807) is 36.4 Å². The number of hydrogen-bond donors (Lipinski definition) is 3. The minimum atomic E-state index is -0.772. The molecule has 0 heterocycles. The fourth-order valence-electron chi connectivity index (χ4n) is 2.39. The number of aliphatic hydroxyl groups excluding tert-OH is 1. The zero-order valence-electron chi connectivity index (χ0n) is 13.6. The quantitative estimate of drug-likeness (QED) is 0.642. The molecule has 4 nitrogen and oxygen atoms in total. The third-order valence-electron chi connectivity index (χ3n) is 3.82. The standard InChI is InChI=1S/C18H18BrFN2O2S/c1-18(9-10-23,13-7-8-15(20)14(19)11-13)22-17(25)21-16(24)12-5-3-2-4-6-12/h2-8,11,23H,9-10H2,1H3,(H2,21,22,24,25). The normalized spacial score (nSPS) is 13.0. The highest BCUT2D eigenvalue weighted by Gasteiger charge is 2.28. The molecule has 0 saturated heterocycles. The molecule has 0 spiro atoms. The van der Waals surface area contributed by atoms with Crippen molar-refractivity contribution in [2.45, 2.75) is 18.9 Å². The van der Waals surface area contributed by atoms with Gasteiger partial charge < -0.3 is 10.4 Å². The van der Waals surface area contributed by atoms with E-state index in [1.165, 1.54) is 6.07 Å². The summed E-state index contributed by atoms with van der Waals surface area (Å²) in [5.74, 6) is -0.709. The van der Waals surface area contributed by atoms with E-state index in [9.17, 15) is 14.3 Å². The van der Waals surface area contributed by atoms with Crippen molar-refractivity contribution in [1.82, 2.24) is 10.6 Å². The van der Waals surface area contributed by atoms with E-state index in [4.69, 9.17) is 12.2 Å². The van der Waals surface area contributed by atoms with Gasteiger partial charge in [-0.3, -0.25) is 10.1 Å². The Morgan fingerprint density at radius 2 is 1.96 bits per heavy atom. The predicted molar refractivity (Wildman–Crippen MR) is 103 cm³/mol. The van der Waals surface area contributed by atoms with Crippen molar-refractivity contribution < 1.29 is 14.3 Å². The molecule has 0 fully saturated rings. The van der Waals surface area contributed by atoms with E-state index in [2.05, 4.69) is 26.6 Å². The zero-order chi connectivity index (χ0) is 18.4. The molecule has 0 aliphatic heterocycles. The first-order chi connectivity index (χ1) is 11.9. The first-order valence-corrected chi connectivity index (χ1v) is 8.81. The van der Waals surface area contributed by atoms with Crippen molar-refractivity contribution in [2.75, 3.05) is 6.61 Å². The van der Waals surface area contributed by atoms with Crippen LogP contribution in [0.3, 0.4) is 0 Å². The topological polar surface area (TPSA) is 61.4 Å². The maximum atomic E-state index is 13.5. The molecule has 2 aromatic rings. The Bertz CT molecular complexity index is 773. The number of amides is 1. The predicted octanol–water partition coefficient (Wildman–Crippen LogP) is 3.49. The van der Waals surface area contributed by atoms with Gasteiger partial charge in [-0.15, -0.1) is 0 Å². The van der Waals surface area contributed by atoms with Gasteiger partial charge in [0, 0.05) is 12.2 Å². The highest BCUT2D eigenvalue weighted by Crippen LogP contribution is 2.28. The molecule has 0 radical (unpaired) electrons. The second-order valence-electron chi connectivity index (χ2n) is 5.71. The van der Waals surface area contributed by atoms with Crippen LogP contribution in [0.15, 0.2) is 53.0 Å². The SMILES string of the molecule is CC(CCO)(NC(=S)NC(=O)c1ccccc1)c1ccc(F)c(Br)c1. The molecule has 0 aliphatic rings. The molecule has 2 rings (SSSR count). The Labute approximate surface area is 159 Å². The third-order valence-corrected chi connectivity index (χ3v) is 4.63. The Kier molecular flexibility index (Phi) is 6.64. The second-order valence-corrected chi connectivity index (χ2v) is 6.97. The van der Waals surface area contributed by atoms with Gasteiger partial charge in [-0.2, -0.15) is 0 Å². The van der Waals surface area contributed by atoms with Gasteiger partial charge >= 0.3 is 0 Å². The summed E-state index contributed by atoms with van der Waals surface area (Å²) in [7, 11) is 0. The van der Waals surface area contributed by atoms with Crippen LogP contribution in [0.2, 0.25) is 0 Å². The highest BCUT2D eigenvalue weighted by atomic mass is 79.9. The van der Waals surface area contributed by atoms with Crippen LogP contribution in [0.1, 0.15) is 29.3 Å². The average molecular weight is 425 g/mol. The van der Waals surface area contributed by atoms with Gasteiger partial charge in [-0.25, -0.2) is 4.39 Å². The maximum Gasteiger partial charge on any atom is 0.257 e. The van der Waals surface area contributed by atoms with Crippen molar-refractivity contribution in [1.29, 1.82) is 0 Å². The van der Waals surface area contributed by atoms with Crippen LogP contribution in [0, 0.1) is 5.82 Å². The molecule has 1 atom stereocenters. The van der Waals surface area contributed by atoms with Crippen LogP contribution in [0.5, 0.6) is 0 Å². The zero-order valence-corrected chi connectivity index (χ0v) is 16.0. The average Bonchev–Trinajstić information content (AvgIpc) is 2.58. The maximum absolute atomic E-state index is 13.5. The minimum absolute atomic E-state index is 0.103. The fourth-order valence-corrected chi connectivity index (χ4v) is 3.09. The van der Waals surface area contributed by atoms with E-state index in [0.29, 0.717) is 16.5 Å². The summed E-state index contributed by atoms with van der Waals surface area (Å²) in [5.41, 5.74) is 0.442. The fraction of sp³-hybridized carbons (Fsp3) is 0.222. The number of thiocarbonyl (C=S) groups is 1. The smallest absolute Gasteiger partial charge is 0.257 e. The summed E-state index contributed by atoms with van der Waals surface area (Å²) < 4.78 is 13.8. The van der Waals surface area contributed by atoms with E-state index < -0.39 is 5.54 Å². The van der Waals surface area contributed by atoms with Crippen LogP contribution in [-0.4, -0.2) is 22.7 Å². The molecule has 3 N–H and O–H groups in total. The lowest BCUT2D eigenvalue weighted by Crippen LogP contribution is -2.50. The Morgan fingerprint density at radius 3 is 2.56 bits per heavy atom. The molecular weight excluding hydrogens is 407 g/mol.